The Bertz CT molecular complexity index is 1460. The molecule has 1 N–H and O–H groups in total. The summed E-state index contributed by atoms with van der Waals surface area (Å²) in [7, 11) is -3.16. The van der Waals surface area contributed by atoms with Crippen molar-refractivity contribution in [3.8, 4) is 17.0 Å². The summed E-state index contributed by atoms with van der Waals surface area (Å²) < 4.78 is 33.2. The molecular weight excluding hydrogens is 511 g/mol. The summed E-state index contributed by atoms with van der Waals surface area (Å²) in [5.74, 6) is 0.650. The van der Waals surface area contributed by atoms with Gasteiger partial charge in [-0.25, -0.2) is 12.7 Å². The van der Waals surface area contributed by atoms with Crippen LogP contribution in [0.2, 0.25) is 10.0 Å². The van der Waals surface area contributed by atoms with Crippen LogP contribution in [-0.2, 0) is 10.0 Å². The number of nitrogens with zero attached hydrogens (tertiary/aromatic N) is 5. The second-order valence-corrected chi connectivity index (χ2v) is 11.5. The lowest BCUT2D eigenvalue weighted by Crippen LogP contribution is -2.38. The van der Waals surface area contributed by atoms with Crippen molar-refractivity contribution in [3.05, 3.63) is 58.6 Å². The van der Waals surface area contributed by atoms with E-state index >= 15 is 0 Å². The van der Waals surface area contributed by atoms with Gasteiger partial charge in [0.1, 0.15) is 17.5 Å². The smallest absolute Gasteiger partial charge is 0.211 e. The van der Waals surface area contributed by atoms with Crippen LogP contribution in [0.4, 0.5) is 0 Å². The third kappa shape index (κ3) is 4.88. The van der Waals surface area contributed by atoms with Crippen LogP contribution in [0, 0.1) is 0 Å². The van der Waals surface area contributed by atoms with Gasteiger partial charge in [0.05, 0.1) is 34.1 Å². The molecule has 0 bridgehead atoms. The fourth-order valence-corrected chi connectivity index (χ4v) is 6.00. The molecule has 1 atom stereocenters. The lowest BCUT2D eigenvalue weighted by atomic mass is 10.1. The summed E-state index contributed by atoms with van der Waals surface area (Å²) in [5, 5.41) is 13.9. The van der Waals surface area contributed by atoms with Gasteiger partial charge >= 0.3 is 0 Å². The fourth-order valence-electron chi connectivity index (χ4n) is 4.46. The zero-order valence-corrected chi connectivity index (χ0v) is 21.5. The van der Waals surface area contributed by atoms with Crippen LogP contribution in [0.1, 0.15) is 37.5 Å². The highest BCUT2D eigenvalue weighted by Crippen LogP contribution is 2.35. The van der Waals surface area contributed by atoms with Crippen LogP contribution in [0.25, 0.3) is 22.2 Å². The Morgan fingerprint density at radius 3 is 2.54 bits per heavy atom. The largest absolute Gasteiger partial charge is 0.486 e. The predicted octanol–water partition coefficient (Wildman–Crippen LogP) is 4.86. The zero-order chi connectivity index (χ0) is 24.7. The number of aromatic amines is 1. The standard InChI is InChI=1S/C23H24Cl2N6O3S/c1-14(22-19(24)11-26-12-20(22)25)34-17-3-4-21-18(9-17)23(29-28-21)15-10-27-31(13-15)16-5-7-30(8-6-16)35(2,32)33/h3-4,9-14,16H,5-8H2,1-2H3,(H,28,29). The van der Waals surface area contributed by atoms with Gasteiger partial charge in [-0.15, -0.1) is 0 Å². The summed E-state index contributed by atoms with van der Waals surface area (Å²) in [4.78, 5) is 3.99. The average Bonchev–Trinajstić information content (AvgIpc) is 3.45. The molecule has 5 rings (SSSR count). The van der Waals surface area contributed by atoms with Gasteiger partial charge in [-0.2, -0.15) is 10.2 Å². The molecule has 0 radical (unpaired) electrons. The number of pyridine rings is 1. The third-order valence-corrected chi connectivity index (χ3v) is 8.19. The van der Waals surface area contributed by atoms with Crippen molar-refractivity contribution in [2.75, 3.05) is 19.3 Å². The second kappa shape index (κ2) is 9.42. The Morgan fingerprint density at radius 2 is 1.86 bits per heavy atom. The van der Waals surface area contributed by atoms with Crippen LogP contribution in [0.5, 0.6) is 5.75 Å². The summed E-state index contributed by atoms with van der Waals surface area (Å²) >= 11 is 12.6. The molecule has 0 aliphatic carbocycles. The molecule has 1 aromatic carbocycles. The Morgan fingerprint density at radius 1 is 1.14 bits per heavy atom. The molecule has 1 aliphatic heterocycles. The van der Waals surface area contributed by atoms with Crippen molar-refractivity contribution < 1.29 is 13.2 Å². The van der Waals surface area contributed by atoms with E-state index in [4.69, 9.17) is 27.9 Å². The maximum absolute atomic E-state index is 11.8. The van der Waals surface area contributed by atoms with E-state index in [1.165, 1.54) is 10.6 Å². The first-order chi connectivity index (χ1) is 16.7. The van der Waals surface area contributed by atoms with Crippen LogP contribution in [-0.4, -0.2) is 57.0 Å². The molecule has 0 amide bonds. The maximum atomic E-state index is 11.8. The van der Waals surface area contributed by atoms with E-state index in [1.807, 2.05) is 36.0 Å². The van der Waals surface area contributed by atoms with Gasteiger partial charge in [-0.05, 0) is 38.0 Å². The molecule has 184 valence electrons. The van der Waals surface area contributed by atoms with Crippen molar-refractivity contribution in [1.29, 1.82) is 0 Å². The molecular formula is C23H24Cl2N6O3S. The Kier molecular flexibility index (Phi) is 6.47. The average molecular weight is 535 g/mol. The van der Waals surface area contributed by atoms with E-state index in [0.717, 1.165) is 22.2 Å². The highest BCUT2D eigenvalue weighted by Gasteiger charge is 2.26. The van der Waals surface area contributed by atoms with Crippen LogP contribution in [0.15, 0.2) is 43.0 Å². The number of nitrogens with one attached hydrogen (secondary N) is 1. The van der Waals surface area contributed by atoms with E-state index < -0.39 is 10.0 Å². The number of hydrogen-bond acceptors (Lipinski definition) is 6. The van der Waals surface area contributed by atoms with E-state index in [0.29, 0.717) is 47.3 Å². The van der Waals surface area contributed by atoms with Gasteiger partial charge in [0, 0.05) is 48.2 Å². The molecule has 1 unspecified atom stereocenters. The molecule has 0 spiro atoms. The number of sulfonamides is 1. The lowest BCUT2D eigenvalue weighted by molar-refractivity contribution is 0.227. The maximum Gasteiger partial charge on any atom is 0.211 e. The summed E-state index contributed by atoms with van der Waals surface area (Å²) in [6.07, 6.45) is 9.13. The number of hydrogen-bond donors (Lipinski definition) is 1. The first-order valence-electron chi connectivity index (χ1n) is 11.1. The van der Waals surface area contributed by atoms with Crippen molar-refractivity contribution in [3.63, 3.8) is 0 Å². The number of ether oxygens (including phenoxy) is 1. The fraction of sp³-hybridized carbons (Fsp3) is 0.348. The minimum atomic E-state index is -3.16. The minimum absolute atomic E-state index is 0.140. The highest BCUT2D eigenvalue weighted by atomic mass is 35.5. The van der Waals surface area contributed by atoms with Crippen LogP contribution < -0.4 is 4.74 Å². The molecule has 1 aliphatic rings. The SMILES string of the molecule is CC(Oc1ccc2[nH]nc(-c3cnn(C4CCN(S(C)(=O)=O)CC4)c3)c2c1)c1c(Cl)cncc1Cl. The Hall–Kier alpha value is -2.66. The number of piperidine rings is 1. The lowest BCUT2D eigenvalue weighted by Gasteiger charge is -2.30. The summed E-state index contributed by atoms with van der Waals surface area (Å²) in [6.45, 7) is 2.87. The molecule has 1 saturated heterocycles. The molecule has 12 heteroatoms. The van der Waals surface area contributed by atoms with Crippen molar-refractivity contribution in [2.45, 2.75) is 31.9 Å². The topological polar surface area (TPSA) is 106 Å². The minimum Gasteiger partial charge on any atom is -0.486 e. The van der Waals surface area contributed by atoms with Gasteiger partial charge in [0.25, 0.3) is 0 Å². The first kappa shape index (κ1) is 24.1. The monoisotopic (exact) mass is 534 g/mol. The number of H-pyrrole nitrogens is 1. The Balaban J connectivity index is 1.37. The normalized spacial score (nSPS) is 16.6. The first-order valence-corrected chi connectivity index (χ1v) is 13.7. The quantitative estimate of drug-likeness (QED) is 0.378. The van der Waals surface area contributed by atoms with E-state index in [1.54, 1.807) is 18.6 Å². The summed E-state index contributed by atoms with van der Waals surface area (Å²) in [5.41, 5.74) is 3.18. The van der Waals surface area contributed by atoms with Crippen molar-refractivity contribution in [2.24, 2.45) is 0 Å². The van der Waals surface area contributed by atoms with Gasteiger partial charge in [-0.3, -0.25) is 14.8 Å². The second-order valence-electron chi connectivity index (χ2n) is 8.66. The number of rotatable bonds is 6. The van der Waals surface area contributed by atoms with E-state index in [-0.39, 0.29) is 12.1 Å². The molecule has 1 fully saturated rings. The molecule has 3 aromatic heterocycles. The van der Waals surface area contributed by atoms with Crippen LogP contribution in [0.3, 0.4) is 0 Å². The predicted molar refractivity (Wildman–Crippen MR) is 135 cm³/mol. The number of aromatic nitrogens is 5. The van der Waals surface area contributed by atoms with Gasteiger partial charge in [-0.1, -0.05) is 23.2 Å². The van der Waals surface area contributed by atoms with Gasteiger partial charge in [0.2, 0.25) is 10.0 Å². The van der Waals surface area contributed by atoms with Gasteiger partial charge < -0.3 is 4.74 Å². The molecule has 4 heterocycles. The molecule has 0 saturated carbocycles. The Labute approximate surface area is 213 Å². The number of halogens is 2. The van der Waals surface area contributed by atoms with E-state index in [2.05, 4.69) is 20.3 Å². The van der Waals surface area contributed by atoms with Crippen LogP contribution >= 0.6 is 23.2 Å². The van der Waals surface area contributed by atoms with Crippen molar-refractivity contribution in [1.82, 2.24) is 29.3 Å². The number of benzene rings is 1. The summed E-state index contributed by atoms with van der Waals surface area (Å²) in [6, 6.07) is 5.84. The highest BCUT2D eigenvalue weighted by molar-refractivity contribution is 7.88. The third-order valence-electron chi connectivity index (χ3n) is 6.29. The molecule has 35 heavy (non-hydrogen) atoms. The molecule has 4 aromatic rings. The van der Waals surface area contributed by atoms with E-state index in [9.17, 15) is 8.42 Å². The zero-order valence-electron chi connectivity index (χ0n) is 19.1. The van der Waals surface area contributed by atoms with Crippen molar-refractivity contribution >= 4 is 44.1 Å². The molecule has 9 nitrogen and oxygen atoms in total. The number of fused-ring (bicyclic) bond motifs is 1. The van der Waals surface area contributed by atoms with Gasteiger partial charge in [0.15, 0.2) is 0 Å².